The molecule has 1 aromatic carbocycles. The maximum Gasteiger partial charge on any atom is 0.220 e. The third-order valence-electron chi connectivity index (χ3n) is 6.30. The lowest BCUT2D eigenvalue weighted by molar-refractivity contribution is -0.122. The topological polar surface area (TPSA) is 64.3 Å². The zero-order valence-electron chi connectivity index (χ0n) is 17.2. The van der Waals surface area contributed by atoms with Crippen molar-refractivity contribution in [3.63, 3.8) is 0 Å². The van der Waals surface area contributed by atoms with Crippen LogP contribution in [0.5, 0.6) is 0 Å². The predicted molar refractivity (Wildman–Crippen MR) is 114 cm³/mol. The molecular weight excluding hydrogens is 362 g/mol. The number of rotatable bonds is 8. The van der Waals surface area contributed by atoms with Crippen molar-refractivity contribution >= 4 is 5.91 Å². The van der Waals surface area contributed by atoms with Crippen LogP contribution in [-0.4, -0.2) is 57.9 Å². The number of nitrogens with zero attached hydrogens (tertiary/aromatic N) is 3. The summed E-state index contributed by atoms with van der Waals surface area (Å²) >= 11 is 0. The van der Waals surface area contributed by atoms with Crippen molar-refractivity contribution in [1.29, 1.82) is 0 Å². The van der Waals surface area contributed by atoms with Crippen LogP contribution in [0, 0.1) is 5.92 Å². The number of aromatic nitrogens is 2. The van der Waals surface area contributed by atoms with Gasteiger partial charge in [-0.2, -0.15) is 0 Å². The molecule has 0 radical (unpaired) electrons. The minimum Gasteiger partial charge on any atom is -0.352 e. The number of likely N-dealkylation sites (tertiary alicyclic amines) is 2. The summed E-state index contributed by atoms with van der Waals surface area (Å²) in [6.45, 7) is 6.11. The van der Waals surface area contributed by atoms with Crippen molar-refractivity contribution in [3.05, 3.63) is 54.1 Å². The fourth-order valence-electron chi connectivity index (χ4n) is 4.60. The fourth-order valence-corrected chi connectivity index (χ4v) is 4.60. The van der Waals surface area contributed by atoms with Gasteiger partial charge in [0.25, 0.3) is 0 Å². The molecule has 3 heterocycles. The van der Waals surface area contributed by atoms with Gasteiger partial charge in [0.05, 0.1) is 6.54 Å². The van der Waals surface area contributed by atoms with Crippen LogP contribution < -0.4 is 5.32 Å². The molecule has 0 aliphatic carbocycles. The summed E-state index contributed by atoms with van der Waals surface area (Å²) in [6, 6.07) is 10.9. The average Bonchev–Trinajstić information content (AvgIpc) is 3.40. The summed E-state index contributed by atoms with van der Waals surface area (Å²) in [4.78, 5) is 24.8. The molecule has 0 bridgehead atoms. The fraction of sp³-hybridized carbons (Fsp3) is 0.565. The standard InChI is InChI=1S/C23H33N5O/c29-23(26-21-10-15-28(17-21)16-20-4-2-1-3-5-20)7-6-19-8-13-27(14-9-19)18-22-24-11-12-25-22/h1-5,11-12,19,21H,6-10,13-18H2,(H,24,25)(H,26,29). The first kappa shape index (κ1) is 20.1. The molecule has 2 saturated heterocycles. The first-order valence-corrected chi connectivity index (χ1v) is 11.0. The van der Waals surface area contributed by atoms with E-state index >= 15 is 0 Å². The van der Waals surface area contributed by atoms with Gasteiger partial charge in [-0.3, -0.25) is 14.6 Å². The number of benzene rings is 1. The van der Waals surface area contributed by atoms with Gasteiger partial charge >= 0.3 is 0 Å². The number of H-pyrrole nitrogens is 1. The van der Waals surface area contributed by atoms with Gasteiger partial charge in [0.15, 0.2) is 0 Å². The number of hydrogen-bond acceptors (Lipinski definition) is 4. The van der Waals surface area contributed by atoms with Crippen LogP contribution in [-0.2, 0) is 17.9 Å². The highest BCUT2D eigenvalue weighted by Crippen LogP contribution is 2.23. The molecule has 0 saturated carbocycles. The van der Waals surface area contributed by atoms with Gasteiger partial charge in [-0.25, -0.2) is 4.98 Å². The largest absolute Gasteiger partial charge is 0.352 e. The number of carbonyl (C=O) groups is 1. The third kappa shape index (κ3) is 6.15. The first-order chi connectivity index (χ1) is 14.2. The maximum atomic E-state index is 12.4. The molecule has 1 unspecified atom stereocenters. The summed E-state index contributed by atoms with van der Waals surface area (Å²) in [6.07, 6.45) is 8.80. The molecule has 2 aliphatic heterocycles. The van der Waals surface area contributed by atoms with Crippen LogP contribution in [0.25, 0.3) is 0 Å². The molecular formula is C23H33N5O. The third-order valence-corrected chi connectivity index (χ3v) is 6.30. The Balaban J connectivity index is 1.10. The number of aromatic amines is 1. The highest BCUT2D eigenvalue weighted by atomic mass is 16.1. The van der Waals surface area contributed by atoms with Gasteiger partial charge in [-0.1, -0.05) is 30.3 Å². The molecule has 2 N–H and O–H groups in total. The van der Waals surface area contributed by atoms with Crippen LogP contribution in [0.4, 0.5) is 0 Å². The van der Waals surface area contributed by atoms with Crippen molar-refractivity contribution in [1.82, 2.24) is 25.1 Å². The van der Waals surface area contributed by atoms with Gasteiger partial charge in [0, 0.05) is 44.5 Å². The number of piperidine rings is 1. The Hall–Kier alpha value is -2.18. The zero-order chi connectivity index (χ0) is 19.9. The van der Waals surface area contributed by atoms with Crippen LogP contribution in [0.15, 0.2) is 42.7 Å². The summed E-state index contributed by atoms with van der Waals surface area (Å²) in [5.41, 5.74) is 1.35. The molecule has 6 nitrogen and oxygen atoms in total. The number of nitrogens with one attached hydrogen (secondary N) is 2. The van der Waals surface area contributed by atoms with Gasteiger partial charge < -0.3 is 10.3 Å². The molecule has 0 spiro atoms. The summed E-state index contributed by atoms with van der Waals surface area (Å²) in [5, 5.41) is 3.27. The molecule has 1 amide bonds. The smallest absolute Gasteiger partial charge is 0.220 e. The quantitative estimate of drug-likeness (QED) is 0.721. The van der Waals surface area contributed by atoms with E-state index in [2.05, 4.69) is 55.4 Å². The van der Waals surface area contributed by atoms with E-state index in [1.807, 2.05) is 12.4 Å². The van der Waals surface area contributed by atoms with Gasteiger partial charge in [0.2, 0.25) is 5.91 Å². The van der Waals surface area contributed by atoms with Crippen molar-refractivity contribution in [2.75, 3.05) is 26.2 Å². The Labute approximate surface area is 173 Å². The molecule has 29 heavy (non-hydrogen) atoms. The zero-order valence-corrected chi connectivity index (χ0v) is 17.2. The minimum absolute atomic E-state index is 0.231. The van der Waals surface area contributed by atoms with Crippen LogP contribution in [0.2, 0.25) is 0 Å². The van der Waals surface area contributed by atoms with E-state index in [0.29, 0.717) is 18.4 Å². The SMILES string of the molecule is O=C(CCC1CCN(Cc2ncc[nH]2)CC1)NC1CCN(Cc2ccccc2)C1. The lowest BCUT2D eigenvalue weighted by Crippen LogP contribution is -2.37. The Kier molecular flexibility index (Phi) is 6.96. The average molecular weight is 396 g/mol. The second kappa shape index (κ2) is 10.0. The molecule has 4 rings (SSSR count). The molecule has 2 fully saturated rings. The van der Waals surface area contributed by atoms with E-state index < -0.39 is 0 Å². The summed E-state index contributed by atoms with van der Waals surface area (Å²) in [5.74, 6) is 1.95. The van der Waals surface area contributed by atoms with E-state index in [0.717, 1.165) is 57.9 Å². The van der Waals surface area contributed by atoms with Crippen LogP contribution in [0.1, 0.15) is 43.5 Å². The molecule has 2 aromatic rings. The van der Waals surface area contributed by atoms with E-state index in [9.17, 15) is 4.79 Å². The van der Waals surface area contributed by atoms with Crippen molar-refractivity contribution < 1.29 is 4.79 Å². The predicted octanol–water partition coefficient (Wildman–Crippen LogP) is 2.79. The second-order valence-electron chi connectivity index (χ2n) is 8.57. The minimum atomic E-state index is 0.231. The first-order valence-electron chi connectivity index (χ1n) is 11.0. The van der Waals surface area contributed by atoms with Gasteiger partial charge in [-0.15, -0.1) is 0 Å². The van der Waals surface area contributed by atoms with E-state index in [4.69, 9.17) is 0 Å². The Morgan fingerprint density at radius 1 is 1.07 bits per heavy atom. The molecule has 156 valence electrons. The Bertz CT molecular complexity index is 740. The van der Waals surface area contributed by atoms with Crippen LogP contribution in [0.3, 0.4) is 0 Å². The second-order valence-corrected chi connectivity index (χ2v) is 8.57. The molecule has 6 heteroatoms. The molecule has 1 aromatic heterocycles. The normalized spacial score (nSPS) is 21.4. The molecule has 1 atom stereocenters. The monoisotopic (exact) mass is 395 g/mol. The highest BCUT2D eigenvalue weighted by Gasteiger charge is 2.25. The number of hydrogen-bond donors (Lipinski definition) is 2. The van der Waals surface area contributed by atoms with E-state index in [1.54, 1.807) is 0 Å². The van der Waals surface area contributed by atoms with Gasteiger partial charge in [-0.05, 0) is 50.3 Å². The summed E-state index contributed by atoms with van der Waals surface area (Å²) < 4.78 is 0. The van der Waals surface area contributed by atoms with E-state index in [-0.39, 0.29) is 5.91 Å². The lowest BCUT2D eigenvalue weighted by Gasteiger charge is -2.31. The number of carbonyl (C=O) groups excluding carboxylic acids is 1. The van der Waals surface area contributed by atoms with Crippen LogP contribution >= 0.6 is 0 Å². The van der Waals surface area contributed by atoms with Crippen molar-refractivity contribution in [2.45, 2.75) is 51.2 Å². The number of imidazole rings is 1. The van der Waals surface area contributed by atoms with Crippen molar-refractivity contribution in [2.24, 2.45) is 5.92 Å². The maximum absolute atomic E-state index is 12.4. The van der Waals surface area contributed by atoms with Gasteiger partial charge in [0.1, 0.15) is 5.82 Å². The lowest BCUT2D eigenvalue weighted by atomic mass is 9.92. The highest BCUT2D eigenvalue weighted by molar-refractivity contribution is 5.76. The van der Waals surface area contributed by atoms with Crippen molar-refractivity contribution in [3.8, 4) is 0 Å². The van der Waals surface area contributed by atoms with E-state index in [1.165, 1.54) is 18.4 Å². The Morgan fingerprint density at radius 2 is 1.86 bits per heavy atom. The Morgan fingerprint density at radius 3 is 2.62 bits per heavy atom. The molecule has 2 aliphatic rings. The number of amides is 1. The summed E-state index contributed by atoms with van der Waals surface area (Å²) in [7, 11) is 0.